The van der Waals surface area contributed by atoms with Gasteiger partial charge >= 0.3 is 0 Å². The van der Waals surface area contributed by atoms with Crippen LogP contribution >= 0.6 is 0 Å². The van der Waals surface area contributed by atoms with Gasteiger partial charge in [-0.2, -0.15) is 4.31 Å². The maximum Gasteiger partial charge on any atom is 0.211 e. The fourth-order valence-corrected chi connectivity index (χ4v) is 3.02. The van der Waals surface area contributed by atoms with E-state index in [1.807, 2.05) is 0 Å². The highest BCUT2D eigenvalue weighted by atomic mass is 32.2. The van der Waals surface area contributed by atoms with Crippen molar-refractivity contribution in [1.29, 1.82) is 0 Å². The summed E-state index contributed by atoms with van der Waals surface area (Å²) in [6, 6.07) is 0.125. The number of hydrogen-bond donors (Lipinski definition) is 0. The summed E-state index contributed by atoms with van der Waals surface area (Å²) in [5, 5.41) is 0. The molecule has 5 heteroatoms. The summed E-state index contributed by atoms with van der Waals surface area (Å²) in [5.74, 6) is 0. The predicted octanol–water partition coefficient (Wildman–Crippen LogP) is -0.191. The molecular weight excluding hydrogens is 178 g/mol. The highest BCUT2D eigenvalue weighted by Gasteiger charge is 2.42. The Kier molecular flexibility index (Phi) is 1.89. The van der Waals surface area contributed by atoms with E-state index >= 15 is 0 Å². The van der Waals surface area contributed by atoms with Gasteiger partial charge < -0.3 is 4.74 Å². The van der Waals surface area contributed by atoms with Crippen LogP contribution in [0.3, 0.4) is 0 Å². The van der Waals surface area contributed by atoms with Crippen molar-refractivity contribution >= 4 is 10.0 Å². The molecule has 2 aliphatic rings. The number of epoxide rings is 1. The van der Waals surface area contributed by atoms with Crippen molar-refractivity contribution in [3.8, 4) is 0 Å². The minimum atomic E-state index is -3.00. The Hall–Kier alpha value is -0.130. The van der Waals surface area contributed by atoms with Gasteiger partial charge in [-0.3, -0.25) is 0 Å². The molecule has 0 N–H and O–H groups in total. The van der Waals surface area contributed by atoms with Gasteiger partial charge in [-0.25, -0.2) is 8.42 Å². The first-order valence-electron chi connectivity index (χ1n) is 4.17. The molecule has 2 fully saturated rings. The molecular formula is C7H13NO3S. The summed E-state index contributed by atoms with van der Waals surface area (Å²) in [6.45, 7) is 1.40. The first-order valence-corrected chi connectivity index (χ1v) is 6.02. The van der Waals surface area contributed by atoms with Crippen molar-refractivity contribution in [2.45, 2.75) is 25.0 Å². The van der Waals surface area contributed by atoms with E-state index in [1.54, 1.807) is 4.31 Å². The molecule has 2 aliphatic heterocycles. The second-order valence-corrected chi connectivity index (χ2v) is 5.39. The lowest BCUT2D eigenvalue weighted by Crippen LogP contribution is -2.37. The Balaban J connectivity index is 2.13. The van der Waals surface area contributed by atoms with Gasteiger partial charge in [-0.15, -0.1) is 0 Å². The summed E-state index contributed by atoms with van der Waals surface area (Å²) in [5.41, 5.74) is 0. The molecule has 0 amide bonds. The lowest BCUT2D eigenvalue weighted by atomic mass is 10.2. The molecule has 4 nitrogen and oxygen atoms in total. The molecule has 0 aromatic rings. The van der Waals surface area contributed by atoms with E-state index in [0.717, 1.165) is 19.4 Å². The number of sulfonamides is 1. The third kappa shape index (κ3) is 1.48. The molecule has 0 aromatic carbocycles. The second kappa shape index (κ2) is 2.68. The normalized spacial score (nSPS) is 37.1. The summed E-state index contributed by atoms with van der Waals surface area (Å²) < 4.78 is 29.2. The van der Waals surface area contributed by atoms with Gasteiger partial charge in [0.05, 0.1) is 25.0 Å². The number of ether oxygens (including phenoxy) is 1. The van der Waals surface area contributed by atoms with E-state index in [0.29, 0.717) is 6.54 Å². The van der Waals surface area contributed by atoms with E-state index in [4.69, 9.17) is 4.74 Å². The van der Waals surface area contributed by atoms with Crippen LogP contribution in [0.4, 0.5) is 0 Å². The average Bonchev–Trinajstić information content (AvgIpc) is 2.65. The van der Waals surface area contributed by atoms with E-state index < -0.39 is 10.0 Å². The fourth-order valence-electron chi connectivity index (χ4n) is 1.83. The van der Waals surface area contributed by atoms with Crippen molar-refractivity contribution in [3.63, 3.8) is 0 Å². The molecule has 0 bridgehead atoms. The van der Waals surface area contributed by atoms with E-state index in [9.17, 15) is 8.42 Å². The van der Waals surface area contributed by atoms with Crippen LogP contribution in [0.5, 0.6) is 0 Å². The molecule has 0 aromatic heterocycles. The zero-order chi connectivity index (χ0) is 8.77. The molecule has 0 spiro atoms. The summed E-state index contributed by atoms with van der Waals surface area (Å²) >= 11 is 0. The highest BCUT2D eigenvalue weighted by Crippen LogP contribution is 2.29. The molecule has 2 rings (SSSR count). The summed E-state index contributed by atoms with van der Waals surface area (Å²) in [6.07, 6.45) is 3.38. The Bertz CT molecular complexity index is 270. The van der Waals surface area contributed by atoms with Crippen molar-refractivity contribution < 1.29 is 13.2 Å². The van der Waals surface area contributed by atoms with Crippen molar-refractivity contribution in [2.24, 2.45) is 0 Å². The van der Waals surface area contributed by atoms with E-state index in [-0.39, 0.29) is 12.1 Å². The monoisotopic (exact) mass is 191 g/mol. The first-order chi connectivity index (χ1) is 5.59. The van der Waals surface area contributed by atoms with Gasteiger partial charge in [-0.1, -0.05) is 0 Å². The molecule has 2 atom stereocenters. The molecule has 0 radical (unpaired) electrons. The van der Waals surface area contributed by atoms with E-state index in [1.165, 1.54) is 6.26 Å². The lowest BCUT2D eigenvalue weighted by molar-refractivity contribution is 0.295. The topological polar surface area (TPSA) is 49.9 Å². The highest BCUT2D eigenvalue weighted by molar-refractivity contribution is 7.88. The predicted molar refractivity (Wildman–Crippen MR) is 44.3 cm³/mol. The summed E-state index contributed by atoms with van der Waals surface area (Å²) in [7, 11) is -3.00. The smallest absolute Gasteiger partial charge is 0.211 e. The maximum atomic E-state index is 11.2. The minimum Gasteiger partial charge on any atom is -0.371 e. The van der Waals surface area contributed by atoms with Crippen LogP contribution in [-0.2, 0) is 14.8 Å². The Labute approximate surface area is 72.6 Å². The first kappa shape index (κ1) is 8.47. The second-order valence-electron chi connectivity index (χ2n) is 3.46. The van der Waals surface area contributed by atoms with Crippen molar-refractivity contribution in [2.75, 3.05) is 19.4 Å². The van der Waals surface area contributed by atoms with Gasteiger partial charge in [0.25, 0.3) is 0 Å². The molecule has 70 valence electrons. The zero-order valence-corrected chi connectivity index (χ0v) is 7.88. The van der Waals surface area contributed by atoms with Crippen LogP contribution in [0.1, 0.15) is 12.8 Å². The molecule has 12 heavy (non-hydrogen) atoms. The fraction of sp³-hybridized carbons (Fsp3) is 1.00. The third-order valence-corrected chi connectivity index (χ3v) is 3.77. The zero-order valence-electron chi connectivity index (χ0n) is 7.06. The van der Waals surface area contributed by atoms with Gasteiger partial charge in [0.1, 0.15) is 0 Å². The lowest BCUT2D eigenvalue weighted by Gasteiger charge is -2.19. The van der Waals surface area contributed by atoms with Crippen LogP contribution in [-0.4, -0.2) is 44.3 Å². The van der Waals surface area contributed by atoms with Crippen LogP contribution < -0.4 is 0 Å². The standard InChI is InChI=1S/C7H13NO3S/c1-12(9,10)8-4-2-3-6(8)7-5-11-7/h6-7H,2-5H2,1H3. The molecule has 2 unspecified atom stereocenters. The molecule has 0 saturated carbocycles. The van der Waals surface area contributed by atoms with Crippen LogP contribution in [0, 0.1) is 0 Å². The quantitative estimate of drug-likeness (QED) is 0.568. The van der Waals surface area contributed by atoms with Crippen LogP contribution in [0.15, 0.2) is 0 Å². The van der Waals surface area contributed by atoms with Gasteiger partial charge in [-0.05, 0) is 12.8 Å². The van der Waals surface area contributed by atoms with Crippen LogP contribution in [0.2, 0.25) is 0 Å². The van der Waals surface area contributed by atoms with Crippen LogP contribution in [0.25, 0.3) is 0 Å². The molecule has 2 heterocycles. The Morgan fingerprint density at radius 3 is 2.67 bits per heavy atom. The molecule has 2 saturated heterocycles. The largest absolute Gasteiger partial charge is 0.371 e. The average molecular weight is 191 g/mol. The number of nitrogens with zero attached hydrogens (tertiary/aromatic N) is 1. The summed E-state index contributed by atoms with van der Waals surface area (Å²) in [4.78, 5) is 0. The SMILES string of the molecule is CS(=O)(=O)N1CCCC1C1CO1. The Morgan fingerprint density at radius 1 is 1.50 bits per heavy atom. The number of rotatable bonds is 2. The third-order valence-electron chi connectivity index (χ3n) is 2.46. The van der Waals surface area contributed by atoms with Gasteiger partial charge in [0, 0.05) is 6.54 Å². The van der Waals surface area contributed by atoms with Crippen molar-refractivity contribution in [1.82, 2.24) is 4.31 Å². The maximum absolute atomic E-state index is 11.2. The Morgan fingerprint density at radius 2 is 2.17 bits per heavy atom. The van der Waals surface area contributed by atoms with E-state index in [2.05, 4.69) is 0 Å². The van der Waals surface area contributed by atoms with Crippen molar-refractivity contribution in [3.05, 3.63) is 0 Å². The van der Waals surface area contributed by atoms with Gasteiger partial charge in [0.2, 0.25) is 10.0 Å². The number of hydrogen-bond acceptors (Lipinski definition) is 3. The van der Waals surface area contributed by atoms with Gasteiger partial charge in [0.15, 0.2) is 0 Å². The minimum absolute atomic E-state index is 0.125. The molecule has 0 aliphatic carbocycles.